The molecule has 1 nitrogen and oxygen atoms in total. The molecule has 0 heterocycles. The Kier molecular flexibility index (Phi) is 4.82. The molecule has 0 spiro atoms. The summed E-state index contributed by atoms with van der Waals surface area (Å²) in [5, 5.41) is 0. The second kappa shape index (κ2) is 5.65. The van der Waals surface area contributed by atoms with Gasteiger partial charge >= 0.3 is 6.18 Å². The van der Waals surface area contributed by atoms with Gasteiger partial charge in [0.05, 0.1) is 5.56 Å². The molecule has 0 amide bonds. The summed E-state index contributed by atoms with van der Waals surface area (Å²) in [5.74, 6) is -0.257. The lowest BCUT2D eigenvalue weighted by molar-refractivity contribution is -0.138. The first kappa shape index (κ1) is 16.2. The first-order valence-electron chi connectivity index (χ1n) is 5.91. The molecule has 5 heteroatoms. The molecule has 1 aromatic rings. The van der Waals surface area contributed by atoms with Crippen LogP contribution in [0.5, 0.6) is 0 Å². The highest BCUT2D eigenvalue weighted by Crippen LogP contribution is 2.35. The maximum atomic E-state index is 12.7. The minimum atomic E-state index is -4.46. The first-order valence-corrected chi connectivity index (χ1v) is 6.70. The molecule has 0 saturated heterocycles. The monoisotopic (exact) mass is 336 g/mol. The lowest BCUT2D eigenvalue weighted by Crippen LogP contribution is -2.11. The van der Waals surface area contributed by atoms with Crippen molar-refractivity contribution in [2.45, 2.75) is 39.8 Å². The van der Waals surface area contributed by atoms with E-state index in [0.717, 1.165) is 6.07 Å². The Balaban J connectivity index is 2.94. The highest BCUT2D eigenvalue weighted by atomic mass is 79.9. The summed E-state index contributed by atoms with van der Waals surface area (Å²) in [6.45, 7) is 5.97. The van der Waals surface area contributed by atoms with Gasteiger partial charge in [-0.15, -0.1) is 0 Å². The summed E-state index contributed by atoms with van der Waals surface area (Å²) in [4.78, 5) is 11.9. The topological polar surface area (TPSA) is 17.1 Å². The normalized spacial score (nSPS) is 12.6. The van der Waals surface area contributed by atoms with Gasteiger partial charge in [0.25, 0.3) is 0 Å². The Hall–Kier alpha value is -0.840. The number of hydrogen-bond acceptors (Lipinski definition) is 1. The van der Waals surface area contributed by atoms with Crippen molar-refractivity contribution in [1.82, 2.24) is 0 Å². The molecule has 0 N–H and O–H groups in total. The van der Waals surface area contributed by atoms with Crippen LogP contribution in [0.15, 0.2) is 22.7 Å². The van der Waals surface area contributed by atoms with E-state index in [-0.39, 0.29) is 27.7 Å². The van der Waals surface area contributed by atoms with Crippen LogP contribution in [0.25, 0.3) is 0 Å². The zero-order valence-electron chi connectivity index (χ0n) is 11.1. The maximum Gasteiger partial charge on any atom is 0.417 e. The van der Waals surface area contributed by atoms with Gasteiger partial charge in [-0.3, -0.25) is 4.79 Å². The van der Waals surface area contributed by atoms with E-state index in [1.54, 1.807) is 0 Å². The number of ketones is 1. The average molecular weight is 337 g/mol. The summed E-state index contributed by atoms with van der Waals surface area (Å²) in [6, 6.07) is 3.60. The predicted octanol–water partition coefficient (Wildman–Crippen LogP) is 5.48. The predicted molar refractivity (Wildman–Crippen MR) is 72.2 cm³/mol. The van der Waals surface area contributed by atoms with Crippen LogP contribution in [-0.4, -0.2) is 5.78 Å². The molecule has 0 aliphatic rings. The molecule has 1 aromatic carbocycles. The number of hydrogen-bond donors (Lipinski definition) is 0. The van der Waals surface area contributed by atoms with Crippen LogP contribution in [0.1, 0.15) is 49.5 Å². The van der Waals surface area contributed by atoms with Gasteiger partial charge in [0, 0.05) is 16.5 Å². The van der Waals surface area contributed by atoms with Gasteiger partial charge in [-0.2, -0.15) is 13.2 Å². The van der Waals surface area contributed by atoms with E-state index in [2.05, 4.69) is 15.9 Å². The van der Waals surface area contributed by atoms with Gasteiger partial charge in [-0.05, 0) is 24.0 Å². The largest absolute Gasteiger partial charge is 0.417 e. The van der Waals surface area contributed by atoms with Crippen LogP contribution in [0.3, 0.4) is 0 Å². The minimum Gasteiger partial charge on any atom is -0.294 e. The Labute approximate surface area is 119 Å². The quantitative estimate of drug-likeness (QED) is 0.668. The first-order chi connectivity index (χ1) is 8.50. The number of carbonyl (C=O) groups is 1. The van der Waals surface area contributed by atoms with Crippen LogP contribution in [0.4, 0.5) is 13.2 Å². The van der Waals surface area contributed by atoms with E-state index in [4.69, 9.17) is 0 Å². The fourth-order valence-corrected chi connectivity index (χ4v) is 2.02. The molecule has 0 atom stereocenters. The molecule has 0 aromatic heterocycles. The van der Waals surface area contributed by atoms with Gasteiger partial charge in [0.2, 0.25) is 0 Å². The zero-order chi connectivity index (χ0) is 14.8. The lowest BCUT2D eigenvalue weighted by Gasteiger charge is -2.17. The molecule has 0 radical (unpaired) electrons. The van der Waals surface area contributed by atoms with Gasteiger partial charge < -0.3 is 0 Å². The number of halogens is 4. The van der Waals surface area contributed by atoms with E-state index in [0.29, 0.717) is 6.42 Å². The number of rotatable bonds is 3. The van der Waals surface area contributed by atoms with Crippen molar-refractivity contribution in [3.63, 3.8) is 0 Å². The second-order valence-electron chi connectivity index (χ2n) is 5.68. The van der Waals surface area contributed by atoms with Crippen molar-refractivity contribution >= 4 is 21.7 Å². The fraction of sp³-hybridized carbons (Fsp3) is 0.500. The van der Waals surface area contributed by atoms with Crippen molar-refractivity contribution < 1.29 is 18.0 Å². The molecular formula is C14H16BrF3O. The van der Waals surface area contributed by atoms with Gasteiger partial charge in [-0.1, -0.05) is 42.8 Å². The minimum absolute atomic E-state index is 0.0160. The molecule has 0 unspecified atom stereocenters. The summed E-state index contributed by atoms with van der Waals surface area (Å²) < 4.78 is 38.1. The van der Waals surface area contributed by atoms with E-state index in [1.165, 1.54) is 12.1 Å². The van der Waals surface area contributed by atoms with Crippen LogP contribution in [0, 0.1) is 5.41 Å². The van der Waals surface area contributed by atoms with Crippen LogP contribution in [-0.2, 0) is 6.18 Å². The zero-order valence-corrected chi connectivity index (χ0v) is 12.7. The van der Waals surface area contributed by atoms with Crippen LogP contribution in [0.2, 0.25) is 0 Å². The smallest absolute Gasteiger partial charge is 0.294 e. The molecule has 0 saturated carbocycles. The van der Waals surface area contributed by atoms with Gasteiger partial charge in [0.15, 0.2) is 5.78 Å². The third kappa shape index (κ3) is 4.97. The van der Waals surface area contributed by atoms with Crippen molar-refractivity contribution in [3.05, 3.63) is 33.8 Å². The molecule has 106 valence electrons. The van der Waals surface area contributed by atoms with Gasteiger partial charge in [0.1, 0.15) is 0 Å². The second-order valence-corrected chi connectivity index (χ2v) is 6.53. The summed E-state index contributed by atoms with van der Waals surface area (Å²) in [7, 11) is 0. The summed E-state index contributed by atoms with van der Waals surface area (Å²) >= 11 is 2.85. The summed E-state index contributed by atoms with van der Waals surface area (Å²) in [5.41, 5.74) is -0.716. The molecule has 19 heavy (non-hydrogen) atoms. The van der Waals surface area contributed by atoms with Crippen molar-refractivity contribution in [2.75, 3.05) is 0 Å². The van der Waals surface area contributed by atoms with Gasteiger partial charge in [-0.25, -0.2) is 0 Å². The maximum absolute atomic E-state index is 12.7. The highest BCUT2D eigenvalue weighted by Gasteiger charge is 2.33. The molecule has 0 bridgehead atoms. The Morgan fingerprint density at radius 3 is 2.26 bits per heavy atom. The third-order valence-corrected chi connectivity index (χ3v) is 3.39. The summed E-state index contributed by atoms with van der Waals surface area (Å²) in [6.07, 6.45) is -3.56. The Morgan fingerprint density at radius 2 is 1.79 bits per heavy atom. The average Bonchev–Trinajstić information content (AvgIpc) is 2.24. The third-order valence-electron chi connectivity index (χ3n) is 2.70. The van der Waals surface area contributed by atoms with Crippen LogP contribution < -0.4 is 0 Å². The van der Waals surface area contributed by atoms with Crippen molar-refractivity contribution in [2.24, 2.45) is 5.41 Å². The van der Waals surface area contributed by atoms with E-state index in [1.807, 2.05) is 20.8 Å². The molecular weight excluding hydrogens is 321 g/mol. The fourth-order valence-electron chi connectivity index (χ4n) is 1.55. The molecule has 0 aliphatic heterocycles. The highest BCUT2D eigenvalue weighted by molar-refractivity contribution is 9.10. The standard InChI is InChI=1S/C14H16BrF3O/c1-13(2,3)7-6-12(19)9-4-5-11(15)10(8-9)14(16,17)18/h4-5,8H,6-7H2,1-3H3. The number of alkyl halides is 3. The number of Topliss-reactive ketones (excluding diaryl/α,β-unsaturated/α-hetero) is 1. The molecule has 0 fully saturated rings. The SMILES string of the molecule is CC(C)(C)CCC(=O)c1ccc(Br)c(C(F)(F)F)c1. The Morgan fingerprint density at radius 1 is 1.21 bits per heavy atom. The molecule has 0 aliphatic carbocycles. The van der Waals surface area contributed by atoms with E-state index in [9.17, 15) is 18.0 Å². The molecule has 1 rings (SSSR count). The van der Waals surface area contributed by atoms with Crippen molar-refractivity contribution in [1.29, 1.82) is 0 Å². The van der Waals surface area contributed by atoms with Crippen molar-refractivity contribution in [3.8, 4) is 0 Å². The van der Waals surface area contributed by atoms with E-state index < -0.39 is 11.7 Å². The number of benzene rings is 1. The van der Waals surface area contributed by atoms with E-state index >= 15 is 0 Å². The van der Waals surface area contributed by atoms with Crippen LogP contribution >= 0.6 is 15.9 Å². The number of carbonyl (C=O) groups excluding carboxylic acids is 1. The lowest BCUT2D eigenvalue weighted by atomic mass is 9.88. The Bertz CT molecular complexity index is 473.